The van der Waals surface area contributed by atoms with Crippen LogP contribution in [0, 0.1) is 16.0 Å². The monoisotopic (exact) mass is 289 g/mol. The normalized spacial score (nSPS) is 12.0. The second-order valence-corrected chi connectivity index (χ2v) is 4.87. The molecule has 21 heavy (non-hydrogen) atoms. The Balaban J connectivity index is 2.27. The average Bonchev–Trinajstić information content (AvgIpc) is 2.43. The second-order valence-electron chi connectivity index (χ2n) is 4.87. The number of non-ortho nitro benzene ring substituents is 1. The number of nitro benzene ring substituents is 1. The van der Waals surface area contributed by atoms with Gasteiger partial charge in [0.15, 0.2) is 0 Å². The van der Waals surface area contributed by atoms with Crippen molar-refractivity contribution in [3.05, 3.63) is 40.6 Å². The predicted molar refractivity (Wildman–Crippen MR) is 78.3 cm³/mol. The van der Waals surface area contributed by atoms with Gasteiger partial charge in [-0.15, -0.1) is 0 Å². The molecule has 7 nitrogen and oxygen atoms in total. The number of nitrogens with zero attached hydrogens (tertiary/aromatic N) is 2. The van der Waals surface area contributed by atoms with Crippen molar-refractivity contribution in [2.24, 2.45) is 5.92 Å². The molecule has 0 saturated carbocycles. The summed E-state index contributed by atoms with van der Waals surface area (Å²) in [5.41, 5.74) is 0.981. The number of para-hydroxylation sites is 1. The van der Waals surface area contributed by atoms with E-state index in [1.807, 2.05) is 6.92 Å². The Morgan fingerprint density at radius 3 is 2.90 bits per heavy atom. The number of aromatic nitrogens is 1. The fraction of sp³-hybridized carbons (Fsp3) is 0.286. The Kier molecular flexibility index (Phi) is 4.32. The van der Waals surface area contributed by atoms with E-state index in [0.29, 0.717) is 23.1 Å². The van der Waals surface area contributed by atoms with E-state index in [-0.39, 0.29) is 18.0 Å². The number of hydrogen-bond donors (Lipinski definition) is 2. The molecule has 0 aliphatic carbocycles. The standard InChI is InChI=1S/C14H15N3O4/c1-9(7-13(18)19)8-16-11-5-6-15-14-10(11)3-2-4-12(14)17(20)21/h2-6,9H,7-8H2,1H3,(H,15,16)(H,18,19). The molecule has 110 valence electrons. The third-order valence-electron chi connectivity index (χ3n) is 3.11. The number of rotatable bonds is 6. The molecule has 1 aromatic heterocycles. The molecule has 0 aliphatic heterocycles. The van der Waals surface area contributed by atoms with E-state index in [1.54, 1.807) is 18.2 Å². The molecule has 0 aliphatic rings. The number of nitrogens with one attached hydrogen (secondary N) is 1. The molecule has 0 fully saturated rings. The van der Waals surface area contributed by atoms with E-state index in [1.165, 1.54) is 12.3 Å². The molecule has 2 rings (SSSR count). The van der Waals surface area contributed by atoms with Crippen LogP contribution < -0.4 is 5.32 Å². The van der Waals surface area contributed by atoms with Crippen LogP contribution in [0.3, 0.4) is 0 Å². The zero-order valence-corrected chi connectivity index (χ0v) is 11.4. The lowest BCUT2D eigenvalue weighted by Gasteiger charge is -2.13. The summed E-state index contributed by atoms with van der Waals surface area (Å²) < 4.78 is 0. The van der Waals surface area contributed by atoms with Crippen molar-refractivity contribution in [3.8, 4) is 0 Å². The molecular weight excluding hydrogens is 274 g/mol. The molecule has 1 heterocycles. The maximum absolute atomic E-state index is 11.0. The van der Waals surface area contributed by atoms with Gasteiger partial charge in [-0.25, -0.2) is 4.98 Å². The van der Waals surface area contributed by atoms with Gasteiger partial charge in [0.1, 0.15) is 5.52 Å². The van der Waals surface area contributed by atoms with Gasteiger partial charge < -0.3 is 10.4 Å². The Morgan fingerprint density at radius 1 is 1.48 bits per heavy atom. The lowest BCUT2D eigenvalue weighted by atomic mass is 10.1. The maximum atomic E-state index is 11.0. The van der Waals surface area contributed by atoms with Crippen molar-refractivity contribution in [1.29, 1.82) is 0 Å². The van der Waals surface area contributed by atoms with Crippen LogP contribution in [-0.4, -0.2) is 27.5 Å². The highest BCUT2D eigenvalue weighted by atomic mass is 16.6. The van der Waals surface area contributed by atoms with Crippen LogP contribution in [0.25, 0.3) is 10.9 Å². The highest BCUT2D eigenvalue weighted by molar-refractivity contribution is 5.96. The van der Waals surface area contributed by atoms with Gasteiger partial charge in [0.2, 0.25) is 0 Å². The Hall–Kier alpha value is -2.70. The summed E-state index contributed by atoms with van der Waals surface area (Å²) in [5.74, 6) is -0.899. The van der Waals surface area contributed by atoms with Gasteiger partial charge in [0.25, 0.3) is 5.69 Å². The number of pyridine rings is 1. The number of carbonyl (C=O) groups is 1. The quantitative estimate of drug-likeness (QED) is 0.625. The topological polar surface area (TPSA) is 105 Å². The number of anilines is 1. The molecule has 0 radical (unpaired) electrons. The molecule has 1 aromatic carbocycles. The van der Waals surface area contributed by atoms with Gasteiger partial charge in [-0.05, 0) is 12.0 Å². The molecule has 0 amide bonds. The number of benzene rings is 1. The van der Waals surface area contributed by atoms with Crippen LogP contribution in [-0.2, 0) is 4.79 Å². The van der Waals surface area contributed by atoms with Gasteiger partial charge in [-0.2, -0.15) is 0 Å². The van der Waals surface area contributed by atoms with Crippen LogP contribution >= 0.6 is 0 Å². The summed E-state index contributed by atoms with van der Waals surface area (Å²) in [6, 6.07) is 6.49. The summed E-state index contributed by atoms with van der Waals surface area (Å²) in [7, 11) is 0. The van der Waals surface area contributed by atoms with E-state index in [9.17, 15) is 14.9 Å². The van der Waals surface area contributed by atoms with Crippen molar-refractivity contribution >= 4 is 28.2 Å². The van der Waals surface area contributed by atoms with Crippen molar-refractivity contribution < 1.29 is 14.8 Å². The van der Waals surface area contributed by atoms with E-state index < -0.39 is 10.9 Å². The number of hydrogen-bond acceptors (Lipinski definition) is 5. The fourth-order valence-electron chi connectivity index (χ4n) is 2.12. The number of carboxylic acids is 1. The van der Waals surface area contributed by atoms with Crippen molar-refractivity contribution in [3.63, 3.8) is 0 Å². The van der Waals surface area contributed by atoms with Crippen LogP contribution in [0.15, 0.2) is 30.5 Å². The Morgan fingerprint density at radius 2 is 2.24 bits per heavy atom. The summed E-state index contributed by atoms with van der Waals surface area (Å²) in [6.07, 6.45) is 1.57. The first-order valence-corrected chi connectivity index (χ1v) is 6.47. The first kappa shape index (κ1) is 14.7. The second kappa shape index (κ2) is 6.17. The first-order valence-electron chi connectivity index (χ1n) is 6.47. The lowest BCUT2D eigenvalue weighted by molar-refractivity contribution is -0.383. The minimum absolute atomic E-state index is 0.0465. The average molecular weight is 289 g/mol. The summed E-state index contributed by atoms with van der Waals surface area (Å²) in [6.45, 7) is 2.29. The molecule has 2 aromatic rings. The molecule has 0 bridgehead atoms. The van der Waals surface area contributed by atoms with Crippen LogP contribution in [0.1, 0.15) is 13.3 Å². The first-order chi connectivity index (χ1) is 9.99. The van der Waals surface area contributed by atoms with Gasteiger partial charge >= 0.3 is 5.97 Å². The lowest BCUT2D eigenvalue weighted by Crippen LogP contribution is -2.15. The molecule has 1 unspecified atom stereocenters. The van der Waals surface area contributed by atoms with E-state index in [0.717, 1.165) is 0 Å². The van der Waals surface area contributed by atoms with Crippen LogP contribution in [0.5, 0.6) is 0 Å². The Bertz CT molecular complexity index is 687. The van der Waals surface area contributed by atoms with Crippen molar-refractivity contribution in [2.75, 3.05) is 11.9 Å². The summed E-state index contributed by atoms with van der Waals surface area (Å²) in [5, 5.41) is 23.5. The van der Waals surface area contributed by atoms with E-state index in [2.05, 4.69) is 10.3 Å². The molecule has 2 N–H and O–H groups in total. The number of fused-ring (bicyclic) bond motifs is 1. The molecule has 1 atom stereocenters. The minimum Gasteiger partial charge on any atom is -0.481 e. The summed E-state index contributed by atoms with van der Waals surface area (Å²) in [4.78, 5) is 25.2. The SMILES string of the molecule is CC(CNc1ccnc2c([N+](=O)[O-])cccc12)CC(=O)O. The molecule has 0 spiro atoms. The zero-order chi connectivity index (χ0) is 15.4. The molecule has 7 heteroatoms. The molecule has 0 saturated heterocycles. The minimum atomic E-state index is -0.848. The summed E-state index contributed by atoms with van der Waals surface area (Å²) >= 11 is 0. The van der Waals surface area contributed by atoms with E-state index in [4.69, 9.17) is 5.11 Å². The maximum Gasteiger partial charge on any atom is 0.303 e. The van der Waals surface area contributed by atoms with Gasteiger partial charge in [-0.1, -0.05) is 19.1 Å². The van der Waals surface area contributed by atoms with Gasteiger partial charge in [0, 0.05) is 36.3 Å². The highest BCUT2D eigenvalue weighted by Gasteiger charge is 2.15. The van der Waals surface area contributed by atoms with Crippen molar-refractivity contribution in [2.45, 2.75) is 13.3 Å². The largest absolute Gasteiger partial charge is 0.481 e. The van der Waals surface area contributed by atoms with Gasteiger partial charge in [-0.3, -0.25) is 14.9 Å². The fourth-order valence-corrected chi connectivity index (χ4v) is 2.12. The number of aliphatic carboxylic acids is 1. The number of nitro groups is 1. The Labute approximate surface area is 120 Å². The van der Waals surface area contributed by atoms with E-state index >= 15 is 0 Å². The third-order valence-corrected chi connectivity index (χ3v) is 3.11. The number of carboxylic acid groups (broad SMARTS) is 1. The van der Waals surface area contributed by atoms with Crippen LogP contribution in [0.4, 0.5) is 11.4 Å². The van der Waals surface area contributed by atoms with Crippen molar-refractivity contribution in [1.82, 2.24) is 4.98 Å². The molecular formula is C14H15N3O4. The highest BCUT2D eigenvalue weighted by Crippen LogP contribution is 2.28. The van der Waals surface area contributed by atoms with Crippen LogP contribution in [0.2, 0.25) is 0 Å². The smallest absolute Gasteiger partial charge is 0.303 e. The van der Waals surface area contributed by atoms with Gasteiger partial charge in [0.05, 0.1) is 4.92 Å². The predicted octanol–water partition coefficient (Wildman–Crippen LogP) is 2.67. The zero-order valence-electron chi connectivity index (χ0n) is 11.4. The third kappa shape index (κ3) is 3.44.